The molecule has 0 aromatic heterocycles. The van der Waals surface area contributed by atoms with Crippen molar-refractivity contribution >= 4 is 31.1 Å². The number of fused-ring (bicyclic) bond motifs is 1. The van der Waals surface area contributed by atoms with Gasteiger partial charge in [-0.25, -0.2) is 16.8 Å². The smallest absolute Gasteiger partial charge is 0.188 e. The third-order valence-electron chi connectivity index (χ3n) is 4.43. The first-order valence-electron chi connectivity index (χ1n) is 8.16. The normalized spacial score (nSPS) is 16.0. The molecule has 1 aliphatic heterocycles. The number of aliphatic hydroxyl groups is 1. The first-order chi connectivity index (χ1) is 12.6. The molecule has 1 aliphatic rings. The van der Waals surface area contributed by atoms with Crippen LogP contribution in [0.25, 0.3) is 0 Å². The maximum absolute atomic E-state index is 12.4. The second-order valence-electron chi connectivity index (χ2n) is 6.42. The van der Waals surface area contributed by atoms with Crippen molar-refractivity contribution in [3.05, 3.63) is 53.6 Å². The molecule has 0 radical (unpaired) electrons. The number of aliphatic hydroxyl groups excluding tert-OH is 1. The summed E-state index contributed by atoms with van der Waals surface area (Å²) in [6.07, 6.45) is 1.13. The molecule has 0 saturated carbocycles. The van der Waals surface area contributed by atoms with Gasteiger partial charge in [0.25, 0.3) is 0 Å². The van der Waals surface area contributed by atoms with Crippen LogP contribution in [0.2, 0.25) is 0 Å². The number of carbonyl (C=O) groups is 1. The van der Waals surface area contributed by atoms with E-state index in [1.165, 1.54) is 24.3 Å². The van der Waals surface area contributed by atoms with Crippen molar-refractivity contribution in [2.45, 2.75) is 16.3 Å². The lowest BCUT2D eigenvalue weighted by Gasteiger charge is -2.31. The van der Waals surface area contributed by atoms with Crippen LogP contribution < -0.4 is 4.90 Å². The Balaban J connectivity index is 2.02. The van der Waals surface area contributed by atoms with Crippen LogP contribution in [0.1, 0.15) is 15.9 Å². The third-order valence-corrected chi connectivity index (χ3v) is 7.28. The highest BCUT2D eigenvalue weighted by atomic mass is 32.2. The number of anilines is 1. The Morgan fingerprint density at radius 2 is 1.93 bits per heavy atom. The van der Waals surface area contributed by atoms with Gasteiger partial charge in [-0.05, 0) is 35.9 Å². The fraction of sp³-hybridized carbons (Fsp3) is 0.278. The molecule has 0 unspecified atom stereocenters. The topological polar surface area (TPSA) is 109 Å². The molecule has 2 aromatic carbocycles. The van der Waals surface area contributed by atoms with Crippen molar-refractivity contribution in [1.82, 2.24) is 0 Å². The Bertz CT molecular complexity index is 1110. The largest absolute Gasteiger partial charge is 0.388 e. The summed E-state index contributed by atoms with van der Waals surface area (Å²) < 4.78 is 48.3. The van der Waals surface area contributed by atoms with Gasteiger partial charge in [-0.1, -0.05) is 12.1 Å². The average molecular weight is 409 g/mol. The predicted octanol–water partition coefficient (Wildman–Crippen LogP) is 1.06. The molecule has 0 spiro atoms. The Morgan fingerprint density at radius 3 is 2.59 bits per heavy atom. The molecule has 0 saturated heterocycles. The fourth-order valence-corrected chi connectivity index (χ4v) is 5.17. The zero-order valence-electron chi connectivity index (χ0n) is 14.6. The SMILES string of the molecule is CS(=O)(=O)c1cccc(CN2CCS(=O)(=O)c3ccc(C(=O)CO)cc32)c1. The molecule has 0 bridgehead atoms. The van der Waals surface area contributed by atoms with Gasteiger partial charge in [0.05, 0.1) is 21.2 Å². The summed E-state index contributed by atoms with van der Waals surface area (Å²) in [4.78, 5) is 13.9. The summed E-state index contributed by atoms with van der Waals surface area (Å²) in [7, 11) is -6.81. The number of hydrogen-bond acceptors (Lipinski definition) is 7. The summed E-state index contributed by atoms with van der Waals surface area (Å²) in [6.45, 7) is -0.153. The first-order valence-corrected chi connectivity index (χ1v) is 11.7. The second-order valence-corrected chi connectivity index (χ2v) is 10.5. The van der Waals surface area contributed by atoms with Crippen LogP contribution in [-0.4, -0.2) is 52.9 Å². The van der Waals surface area contributed by atoms with Crippen LogP contribution >= 0.6 is 0 Å². The number of rotatable bonds is 5. The molecule has 0 fully saturated rings. The standard InChI is InChI=1S/C18H19NO6S2/c1-26(22,23)15-4-2-3-13(9-15)11-19-7-8-27(24,25)18-6-5-14(10-16(18)19)17(21)12-20/h2-6,9-10,20H,7-8,11-12H2,1H3. The van der Waals surface area contributed by atoms with E-state index < -0.39 is 32.1 Å². The van der Waals surface area contributed by atoms with Gasteiger partial charge in [0, 0.05) is 24.9 Å². The maximum atomic E-state index is 12.4. The maximum Gasteiger partial charge on any atom is 0.188 e. The van der Waals surface area contributed by atoms with E-state index in [2.05, 4.69) is 0 Å². The highest BCUT2D eigenvalue weighted by Crippen LogP contribution is 2.33. The Morgan fingerprint density at radius 1 is 1.19 bits per heavy atom. The van der Waals surface area contributed by atoms with Crippen LogP contribution in [0.3, 0.4) is 0 Å². The number of carbonyl (C=O) groups excluding carboxylic acids is 1. The van der Waals surface area contributed by atoms with E-state index in [-0.39, 0.29) is 27.7 Å². The van der Waals surface area contributed by atoms with Crippen LogP contribution in [0.4, 0.5) is 5.69 Å². The average Bonchev–Trinajstić information content (AvgIpc) is 2.63. The van der Waals surface area contributed by atoms with Crippen LogP contribution in [0.15, 0.2) is 52.3 Å². The Kier molecular flexibility index (Phi) is 5.11. The summed E-state index contributed by atoms with van der Waals surface area (Å²) in [6, 6.07) is 10.7. The van der Waals surface area contributed by atoms with Gasteiger partial charge in [0.1, 0.15) is 6.61 Å². The van der Waals surface area contributed by atoms with Crippen molar-refractivity contribution in [2.75, 3.05) is 30.1 Å². The number of nitrogens with zero attached hydrogens (tertiary/aromatic N) is 1. The van der Waals surface area contributed by atoms with Gasteiger partial charge in [-0.2, -0.15) is 0 Å². The Hall–Kier alpha value is -2.23. The summed E-state index contributed by atoms with van der Waals surface area (Å²) in [5, 5.41) is 9.06. The number of benzene rings is 2. The summed E-state index contributed by atoms with van der Waals surface area (Å²) in [5.41, 5.74) is 1.32. The molecule has 0 aliphatic carbocycles. The van der Waals surface area contributed by atoms with Crippen molar-refractivity contribution in [1.29, 1.82) is 0 Å². The highest BCUT2D eigenvalue weighted by molar-refractivity contribution is 7.91. The number of sulfone groups is 2. The minimum absolute atomic E-state index is 0.0704. The van der Waals surface area contributed by atoms with Gasteiger partial charge in [0.2, 0.25) is 0 Å². The van der Waals surface area contributed by atoms with Gasteiger partial charge in [0.15, 0.2) is 25.5 Å². The molecule has 7 nitrogen and oxygen atoms in total. The van der Waals surface area contributed by atoms with E-state index in [1.807, 2.05) is 0 Å². The van der Waals surface area contributed by atoms with Gasteiger partial charge >= 0.3 is 0 Å². The lowest BCUT2D eigenvalue weighted by atomic mass is 10.1. The van der Waals surface area contributed by atoms with Crippen molar-refractivity contribution in [3.8, 4) is 0 Å². The molecule has 1 heterocycles. The number of Topliss-reactive ketones (excluding diaryl/α,β-unsaturated/α-hetero) is 1. The van der Waals surface area contributed by atoms with E-state index in [4.69, 9.17) is 5.11 Å². The molecule has 0 amide bonds. The van der Waals surface area contributed by atoms with E-state index in [0.717, 1.165) is 6.26 Å². The van der Waals surface area contributed by atoms with E-state index in [9.17, 15) is 21.6 Å². The van der Waals surface area contributed by atoms with E-state index in [0.29, 0.717) is 17.8 Å². The van der Waals surface area contributed by atoms with E-state index in [1.54, 1.807) is 23.1 Å². The van der Waals surface area contributed by atoms with Gasteiger partial charge in [-0.3, -0.25) is 4.79 Å². The molecule has 9 heteroatoms. The molecule has 144 valence electrons. The van der Waals surface area contributed by atoms with Crippen molar-refractivity contribution in [2.24, 2.45) is 0 Å². The molecule has 2 aromatic rings. The quantitative estimate of drug-likeness (QED) is 0.736. The molecule has 27 heavy (non-hydrogen) atoms. The van der Waals surface area contributed by atoms with Crippen molar-refractivity contribution < 1.29 is 26.7 Å². The highest BCUT2D eigenvalue weighted by Gasteiger charge is 2.29. The van der Waals surface area contributed by atoms with E-state index >= 15 is 0 Å². The minimum Gasteiger partial charge on any atom is -0.388 e. The van der Waals surface area contributed by atoms with Gasteiger partial charge in [-0.15, -0.1) is 0 Å². The zero-order chi connectivity index (χ0) is 19.8. The monoisotopic (exact) mass is 409 g/mol. The van der Waals surface area contributed by atoms with Crippen LogP contribution in [0.5, 0.6) is 0 Å². The molecule has 3 rings (SSSR count). The first kappa shape index (κ1) is 19.5. The lowest BCUT2D eigenvalue weighted by molar-refractivity contribution is 0.0903. The number of hydrogen-bond donors (Lipinski definition) is 1. The van der Waals surface area contributed by atoms with Gasteiger partial charge < -0.3 is 10.0 Å². The zero-order valence-corrected chi connectivity index (χ0v) is 16.3. The predicted molar refractivity (Wildman–Crippen MR) is 101 cm³/mol. The lowest BCUT2D eigenvalue weighted by Crippen LogP contribution is -2.35. The minimum atomic E-state index is -3.46. The number of ketones is 1. The Labute approximate surface area is 158 Å². The fourth-order valence-electron chi connectivity index (χ4n) is 3.01. The molecular weight excluding hydrogens is 390 g/mol. The molecular formula is C18H19NO6S2. The molecule has 0 atom stereocenters. The summed E-state index contributed by atoms with van der Waals surface area (Å²) in [5.74, 6) is -0.571. The summed E-state index contributed by atoms with van der Waals surface area (Å²) >= 11 is 0. The second kappa shape index (κ2) is 7.06. The third kappa shape index (κ3) is 4.05. The van der Waals surface area contributed by atoms with Crippen LogP contribution in [0, 0.1) is 0 Å². The van der Waals surface area contributed by atoms with Crippen molar-refractivity contribution in [3.63, 3.8) is 0 Å². The van der Waals surface area contributed by atoms with Crippen LogP contribution in [-0.2, 0) is 26.2 Å². The molecule has 1 N–H and O–H groups in total.